The van der Waals surface area contributed by atoms with E-state index in [-0.39, 0.29) is 5.82 Å². The number of rotatable bonds is 6. The molecule has 2 aromatic rings. The number of halogens is 1. The number of sulfonamides is 1. The summed E-state index contributed by atoms with van der Waals surface area (Å²) in [6.45, 7) is 0.667. The molecule has 6 heteroatoms. The molecule has 0 spiro atoms. The van der Waals surface area contributed by atoms with Crippen LogP contribution in [0.4, 0.5) is 4.39 Å². The number of ether oxygens (including phenoxy) is 1. The van der Waals surface area contributed by atoms with Crippen LogP contribution in [0.2, 0.25) is 0 Å². The Bertz CT molecular complexity index is 712. The lowest BCUT2D eigenvalue weighted by molar-refractivity contribution is 0.306. The van der Waals surface area contributed by atoms with Crippen molar-refractivity contribution in [3.8, 4) is 5.75 Å². The zero-order valence-corrected chi connectivity index (χ0v) is 13.3. The topological polar surface area (TPSA) is 46.6 Å². The van der Waals surface area contributed by atoms with Gasteiger partial charge in [-0.05, 0) is 35.4 Å². The molecule has 0 amide bonds. The average Bonchev–Trinajstić information content (AvgIpc) is 2.47. The Hall–Kier alpha value is -1.92. The fraction of sp³-hybridized carbons (Fsp3) is 0.250. The first-order valence-electron chi connectivity index (χ1n) is 6.72. The summed E-state index contributed by atoms with van der Waals surface area (Å²) in [5, 5.41) is 0. The standard InChI is InChI=1S/C16H18FNO3S/c1-18(22(2,19)20)11-13-5-9-16(10-6-13)21-12-14-3-7-15(17)8-4-14/h3-10H,11-12H2,1-2H3. The van der Waals surface area contributed by atoms with Gasteiger partial charge in [0.05, 0.1) is 6.26 Å². The Labute approximate surface area is 130 Å². The van der Waals surface area contributed by atoms with Crippen LogP contribution in [0.3, 0.4) is 0 Å². The van der Waals surface area contributed by atoms with E-state index < -0.39 is 10.0 Å². The van der Waals surface area contributed by atoms with Crippen molar-refractivity contribution in [1.82, 2.24) is 4.31 Å². The number of hydrogen-bond acceptors (Lipinski definition) is 3. The number of hydrogen-bond donors (Lipinski definition) is 0. The minimum Gasteiger partial charge on any atom is -0.489 e. The van der Waals surface area contributed by atoms with Gasteiger partial charge in [0.25, 0.3) is 0 Å². The van der Waals surface area contributed by atoms with Crippen molar-refractivity contribution in [2.24, 2.45) is 0 Å². The van der Waals surface area contributed by atoms with E-state index in [1.165, 1.54) is 29.7 Å². The van der Waals surface area contributed by atoms with E-state index in [0.29, 0.717) is 18.9 Å². The summed E-state index contributed by atoms with van der Waals surface area (Å²) in [5.41, 5.74) is 1.75. The normalized spacial score (nSPS) is 11.6. The molecule has 0 N–H and O–H groups in total. The van der Waals surface area contributed by atoms with Gasteiger partial charge in [0.2, 0.25) is 10.0 Å². The zero-order valence-electron chi connectivity index (χ0n) is 12.5. The van der Waals surface area contributed by atoms with Crippen LogP contribution in [0.1, 0.15) is 11.1 Å². The second kappa shape index (κ2) is 6.89. The number of nitrogens with zero attached hydrogens (tertiary/aromatic N) is 1. The molecule has 0 saturated heterocycles. The van der Waals surface area contributed by atoms with Gasteiger partial charge in [0.1, 0.15) is 18.2 Å². The quantitative estimate of drug-likeness (QED) is 0.821. The number of benzene rings is 2. The summed E-state index contributed by atoms with van der Waals surface area (Å²) in [7, 11) is -1.65. The first kappa shape index (κ1) is 16.5. The molecule has 0 atom stereocenters. The lowest BCUT2D eigenvalue weighted by Gasteiger charge is -2.14. The fourth-order valence-electron chi connectivity index (χ4n) is 1.81. The van der Waals surface area contributed by atoms with Crippen LogP contribution in [0.25, 0.3) is 0 Å². The Morgan fingerprint density at radius 2 is 1.55 bits per heavy atom. The molecular formula is C16H18FNO3S. The molecule has 0 aromatic heterocycles. The molecule has 118 valence electrons. The largest absolute Gasteiger partial charge is 0.489 e. The molecule has 0 aliphatic rings. The maximum Gasteiger partial charge on any atom is 0.211 e. The van der Waals surface area contributed by atoms with Crippen molar-refractivity contribution in [3.63, 3.8) is 0 Å². The van der Waals surface area contributed by atoms with Gasteiger partial charge in [-0.3, -0.25) is 0 Å². The van der Waals surface area contributed by atoms with E-state index in [1.54, 1.807) is 24.3 Å². The third-order valence-corrected chi connectivity index (χ3v) is 4.47. The van der Waals surface area contributed by atoms with Crippen molar-refractivity contribution >= 4 is 10.0 Å². The summed E-state index contributed by atoms with van der Waals surface area (Å²) in [5.74, 6) is 0.401. The lowest BCUT2D eigenvalue weighted by atomic mass is 10.2. The Kier molecular flexibility index (Phi) is 5.15. The van der Waals surface area contributed by atoms with Crippen molar-refractivity contribution in [2.75, 3.05) is 13.3 Å². The fourth-order valence-corrected chi connectivity index (χ4v) is 2.20. The van der Waals surface area contributed by atoms with Crippen molar-refractivity contribution in [3.05, 3.63) is 65.5 Å². The molecule has 0 bridgehead atoms. The lowest BCUT2D eigenvalue weighted by Crippen LogP contribution is -2.24. The second-order valence-corrected chi connectivity index (χ2v) is 7.17. The monoisotopic (exact) mass is 323 g/mol. The van der Waals surface area contributed by atoms with Gasteiger partial charge in [-0.2, -0.15) is 0 Å². The van der Waals surface area contributed by atoms with Crippen molar-refractivity contribution in [2.45, 2.75) is 13.2 Å². The molecule has 0 fully saturated rings. The van der Waals surface area contributed by atoms with Crippen LogP contribution in [0.15, 0.2) is 48.5 Å². The van der Waals surface area contributed by atoms with Gasteiger partial charge >= 0.3 is 0 Å². The smallest absolute Gasteiger partial charge is 0.211 e. The van der Waals surface area contributed by atoms with Crippen LogP contribution in [-0.4, -0.2) is 26.0 Å². The van der Waals surface area contributed by atoms with Crippen LogP contribution in [0.5, 0.6) is 5.75 Å². The maximum atomic E-state index is 12.8. The molecule has 0 radical (unpaired) electrons. The first-order chi connectivity index (χ1) is 10.3. The molecule has 4 nitrogen and oxygen atoms in total. The Balaban J connectivity index is 1.93. The molecular weight excluding hydrogens is 305 g/mol. The van der Waals surface area contributed by atoms with Crippen LogP contribution in [0, 0.1) is 5.82 Å². The highest BCUT2D eigenvalue weighted by Gasteiger charge is 2.11. The molecule has 0 aliphatic carbocycles. The third-order valence-electron chi connectivity index (χ3n) is 3.21. The second-order valence-electron chi connectivity index (χ2n) is 5.08. The Morgan fingerprint density at radius 3 is 2.09 bits per heavy atom. The van der Waals surface area contributed by atoms with Crippen LogP contribution in [-0.2, 0) is 23.2 Å². The summed E-state index contributed by atoms with van der Waals surface area (Å²) in [6, 6.07) is 13.3. The highest BCUT2D eigenvalue weighted by atomic mass is 32.2. The van der Waals surface area contributed by atoms with Gasteiger partial charge in [0.15, 0.2) is 0 Å². The van der Waals surface area contributed by atoms with E-state index >= 15 is 0 Å². The predicted molar refractivity (Wildman–Crippen MR) is 83.5 cm³/mol. The molecule has 2 aromatic carbocycles. The highest BCUT2D eigenvalue weighted by Crippen LogP contribution is 2.16. The van der Waals surface area contributed by atoms with Crippen molar-refractivity contribution in [1.29, 1.82) is 0 Å². The van der Waals surface area contributed by atoms with E-state index in [9.17, 15) is 12.8 Å². The SMILES string of the molecule is CN(Cc1ccc(OCc2ccc(F)cc2)cc1)S(C)(=O)=O. The van der Waals surface area contributed by atoms with Gasteiger partial charge in [-0.25, -0.2) is 17.1 Å². The summed E-state index contributed by atoms with van der Waals surface area (Å²) in [4.78, 5) is 0. The van der Waals surface area contributed by atoms with E-state index in [4.69, 9.17) is 4.74 Å². The van der Waals surface area contributed by atoms with Gasteiger partial charge < -0.3 is 4.74 Å². The zero-order chi connectivity index (χ0) is 16.2. The first-order valence-corrected chi connectivity index (χ1v) is 8.57. The van der Waals surface area contributed by atoms with Crippen LogP contribution < -0.4 is 4.74 Å². The van der Waals surface area contributed by atoms with Crippen molar-refractivity contribution < 1.29 is 17.5 Å². The highest BCUT2D eigenvalue weighted by molar-refractivity contribution is 7.88. The molecule has 0 heterocycles. The Morgan fingerprint density at radius 1 is 1.00 bits per heavy atom. The van der Waals surface area contributed by atoms with Gasteiger partial charge in [0, 0.05) is 13.6 Å². The van der Waals surface area contributed by atoms with E-state index in [0.717, 1.165) is 11.1 Å². The summed E-state index contributed by atoms with van der Waals surface area (Å²) >= 11 is 0. The molecule has 0 unspecified atom stereocenters. The third kappa shape index (κ3) is 4.82. The molecule has 0 aliphatic heterocycles. The minimum atomic E-state index is -3.19. The van der Waals surface area contributed by atoms with E-state index in [2.05, 4.69) is 0 Å². The molecule has 0 saturated carbocycles. The van der Waals surface area contributed by atoms with E-state index in [1.807, 2.05) is 12.1 Å². The molecule has 22 heavy (non-hydrogen) atoms. The molecule has 2 rings (SSSR count). The average molecular weight is 323 g/mol. The van der Waals surface area contributed by atoms with Gasteiger partial charge in [-0.1, -0.05) is 24.3 Å². The maximum absolute atomic E-state index is 12.8. The predicted octanol–water partition coefficient (Wildman–Crippen LogP) is 2.80. The minimum absolute atomic E-state index is 0.275. The summed E-state index contributed by atoms with van der Waals surface area (Å²) in [6.07, 6.45) is 1.17. The van der Waals surface area contributed by atoms with Crippen LogP contribution >= 0.6 is 0 Å². The summed E-state index contributed by atoms with van der Waals surface area (Å²) < 4.78 is 42.4. The van der Waals surface area contributed by atoms with Gasteiger partial charge in [-0.15, -0.1) is 0 Å².